The van der Waals surface area contributed by atoms with Crippen LogP contribution in [0.15, 0.2) is 40.9 Å². The van der Waals surface area contributed by atoms with E-state index >= 15 is 0 Å². The second-order valence-corrected chi connectivity index (χ2v) is 5.08. The van der Waals surface area contributed by atoms with Crippen LogP contribution in [-0.4, -0.2) is 0 Å². The summed E-state index contributed by atoms with van der Waals surface area (Å²) in [6.07, 6.45) is 0. The van der Waals surface area contributed by atoms with Crippen LogP contribution >= 0.6 is 27.5 Å². The van der Waals surface area contributed by atoms with Crippen molar-refractivity contribution in [3.63, 3.8) is 0 Å². The summed E-state index contributed by atoms with van der Waals surface area (Å²) in [5.41, 5.74) is 1.36. The largest absolute Gasteiger partial charge is 0.381 e. The highest BCUT2D eigenvalue weighted by molar-refractivity contribution is 9.10. The van der Waals surface area contributed by atoms with Crippen molar-refractivity contribution in [2.75, 3.05) is 5.32 Å². The van der Waals surface area contributed by atoms with Crippen molar-refractivity contribution >= 4 is 33.2 Å². The van der Waals surface area contributed by atoms with Crippen molar-refractivity contribution in [3.8, 4) is 0 Å². The minimum atomic E-state index is -0.484. The number of halogens is 4. The number of benzene rings is 2. The van der Waals surface area contributed by atoms with Gasteiger partial charge in [-0.25, -0.2) is 8.78 Å². The molecule has 0 bridgehead atoms. The molecule has 0 unspecified atom stereocenters. The first-order valence-corrected chi connectivity index (χ1v) is 6.35. The van der Waals surface area contributed by atoms with Gasteiger partial charge in [-0.05, 0) is 42.0 Å². The Kier molecular flexibility index (Phi) is 4.19. The minimum Gasteiger partial charge on any atom is -0.381 e. The van der Waals surface area contributed by atoms with Crippen LogP contribution in [-0.2, 0) is 6.54 Å². The molecule has 5 heteroatoms. The van der Waals surface area contributed by atoms with Crippen molar-refractivity contribution in [1.82, 2.24) is 0 Å². The Morgan fingerprint density at radius 3 is 2.56 bits per heavy atom. The van der Waals surface area contributed by atoms with Gasteiger partial charge < -0.3 is 5.32 Å². The van der Waals surface area contributed by atoms with Crippen molar-refractivity contribution in [2.24, 2.45) is 0 Å². The summed E-state index contributed by atoms with van der Waals surface area (Å²) in [5, 5.41) is 3.08. The maximum absolute atomic E-state index is 13.2. The summed E-state index contributed by atoms with van der Waals surface area (Å²) in [5.74, 6) is -0.800. The zero-order valence-corrected chi connectivity index (χ0v) is 11.5. The van der Waals surface area contributed by atoms with E-state index in [1.807, 2.05) is 0 Å². The first kappa shape index (κ1) is 13.3. The minimum absolute atomic E-state index is 0.0778. The van der Waals surface area contributed by atoms with Crippen LogP contribution in [0.4, 0.5) is 14.5 Å². The maximum Gasteiger partial charge on any atom is 0.143 e. The molecule has 0 amide bonds. The molecule has 0 atom stereocenters. The van der Waals surface area contributed by atoms with E-state index in [4.69, 9.17) is 11.6 Å². The lowest BCUT2D eigenvalue weighted by atomic mass is 10.2. The van der Waals surface area contributed by atoms with Gasteiger partial charge in [0.1, 0.15) is 11.6 Å². The zero-order valence-electron chi connectivity index (χ0n) is 9.18. The third-order valence-corrected chi connectivity index (χ3v) is 3.10. The van der Waals surface area contributed by atoms with Crippen LogP contribution in [0.2, 0.25) is 5.02 Å². The molecule has 1 N–H and O–H groups in total. The molecule has 0 heterocycles. The van der Waals surface area contributed by atoms with E-state index in [9.17, 15) is 8.78 Å². The third-order valence-electron chi connectivity index (χ3n) is 2.34. The molecule has 2 rings (SSSR count). The van der Waals surface area contributed by atoms with E-state index in [1.165, 1.54) is 24.3 Å². The zero-order chi connectivity index (χ0) is 13.1. The molecule has 94 valence electrons. The maximum atomic E-state index is 13.2. The van der Waals surface area contributed by atoms with Crippen LogP contribution in [0.3, 0.4) is 0 Å². The Morgan fingerprint density at radius 2 is 1.89 bits per heavy atom. The Hall–Kier alpha value is -1.13. The lowest BCUT2D eigenvalue weighted by Crippen LogP contribution is -2.00. The summed E-state index contributed by atoms with van der Waals surface area (Å²) >= 11 is 8.80. The van der Waals surface area contributed by atoms with E-state index < -0.39 is 5.82 Å². The number of hydrogen-bond acceptors (Lipinski definition) is 1. The second-order valence-electron chi connectivity index (χ2n) is 3.76. The van der Waals surface area contributed by atoms with Gasteiger partial charge in [0, 0.05) is 16.7 Å². The average Bonchev–Trinajstić information content (AvgIpc) is 2.29. The molecule has 2 aromatic carbocycles. The molecule has 1 nitrogen and oxygen atoms in total. The van der Waals surface area contributed by atoms with Crippen LogP contribution in [0, 0.1) is 11.6 Å². The highest BCUT2D eigenvalue weighted by atomic mass is 79.9. The first-order valence-electron chi connectivity index (χ1n) is 5.18. The van der Waals surface area contributed by atoms with E-state index in [1.54, 1.807) is 12.1 Å². The van der Waals surface area contributed by atoms with Gasteiger partial charge in [-0.1, -0.05) is 27.5 Å². The lowest BCUT2D eigenvalue weighted by molar-refractivity contribution is 0.624. The highest BCUT2D eigenvalue weighted by Gasteiger charge is 2.02. The Morgan fingerprint density at radius 1 is 1.11 bits per heavy atom. The molecule has 0 aliphatic carbocycles. The van der Waals surface area contributed by atoms with Gasteiger partial charge in [0.2, 0.25) is 0 Å². The fraction of sp³-hybridized carbons (Fsp3) is 0.0769. The molecular weight excluding hydrogens is 324 g/mol. The van der Waals surface area contributed by atoms with Gasteiger partial charge in [0.15, 0.2) is 0 Å². The summed E-state index contributed by atoms with van der Waals surface area (Å²) in [6.45, 7) is 0.400. The van der Waals surface area contributed by atoms with Crippen LogP contribution in [0.1, 0.15) is 5.56 Å². The SMILES string of the molecule is Fc1cc(Br)cc(CNc2ccc(Cl)c(F)c2)c1. The van der Waals surface area contributed by atoms with E-state index in [2.05, 4.69) is 21.2 Å². The van der Waals surface area contributed by atoms with Crippen molar-refractivity contribution < 1.29 is 8.78 Å². The van der Waals surface area contributed by atoms with Crippen LogP contribution < -0.4 is 5.32 Å². The summed E-state index contributed by atoms with van der Waals surface area (Å²) < 4.78 is 27.0. The molecule has 0 aliphatic rings. The van der Waals surface area contributed by atoms with Gasteiger partial charge in [-0.3, -0.25) is 0 Å². The van der Waals surface area contributed by atoms with Gasteiger partial charge in [-0.2, -0.15) is 0 Å². The first-order chi connectivity index (χ1) is 8.54. The Balaban J connectivity index is 2.08. The smallest absolute Gasteiger partial charge is 0.143 e. The standard InChI is InChI=1S/C13H9BrClF2N/c14-9-3-8(4-10(16)5-9)7-18-11-1-2-12(15)13(17)6-11/h1-6,18H,7H2. The summed E-state index contributed by atoms with van der Waals surface area (Å²) in [6, 6.07) is 9.04. The normalized spacial score (nSPS) is 10.4. The fourth-order valence-electron chi connectivity index (χ4n) is 1.52. The topological polar surface area (TPSA) is 12.0 Å². The highest BCUT2D eigenvalue weighted by Crippen LogP contribution is 2.20. The third kappa shape index (κ3) is 3.43. The molecule has 0 saturated heterocycles. The Bertz CT molecular complexity index is 555. The fourth-order valence-corrected chi connectivity index (χ4v) is 2.15. The molecule has 18 heavy (non-hydrogen) atoms. The van der Waals surface area contributed by atoms with Gasteiger partial charge in [-0.15, -0.1) is 0 Å². The number of hydrogen-bond donors (Lipinski definition) is 1. The molecule has 0 fully saturated rings. The van der Waals surface area contributed by atoms with E-state index in [0.29, 0.717) is 16.7 Å². The molecule has 0 aliphatic heterocycles. The molecular formula is C13H9BrClF2N. The number of nitrogens with one attached hydrogen (secondary N) is 1. The second kappa shape index (κ2) is 5.67. The molecule has 0 saturated carbocycles. The van der Waals surface area contributed by atoms with Crippen LogP contribution in [0.25, 0.3) is 0 Å². The van der Waals surface area contributed by atoms with E-state index in [0.717, 1.165) is 5.56 Å². The average molecular weight is 333 g/mol. The predicted octanol–water partition coefficient (Wildman–Crippen LogP) is 4.99. The summed E-state index contributed by atoms with van der Waals surface area (Å²) in [4.78, 5) is 0. The number of anilines is 1. The molecule has 0 radical (unpaired) electrons. The van der Waals surface area contributed by atoms with Crippen LogP contribution in [0.5, 0.6) is 0 Å². The van der Waals surface area contributed by atoms with Crippen molar-refractivity contribution in [2.45, 2.75) is 6.54 Å². The predicted molar refractivity (Wildman–Crippen MR) is 72.8 cm³/mol. The van der Waals surface area contributed by atoms with Gasteiger partial charge >= 0.3 is 0 Å². The van der Waals surface area contributed by atoms with Crippen molar-refractivity contribution in [1.29, 1.82) is 0 Å². The van der Waals surface area contributed by atoms with E-state index in [-0.39, 0.29) is 10.8 Å². The molecule has 0 aromatic heterocycles. The summed E-state index contributed by atoms with van der Waals surface area (Å²) in [7, 11) is 0. The van der Waals surface area contributed by atoms with Crippen molar-refractivity contribution in [3.05, 3.63) is 63.1 Å². The quantitative estimate of drug-likeness (QED) is 0.834. The number of rotatable bonds is 3. The van der Waals surface area contributed by atoms with Gasteiger partial charge in [0.05, 0.1) is 5.02 Å². The monoisotopic (exact) mass is 331 g/mol. The molecule has 0 spiro atoms. The Labute approximate surface area is 117 Å². The lowest BCUT2D eigenvalue weighted by Gasteiger charge is -2.08. The molecule has 2 aromatic rings. The van der Waals surface area contributed by atoms with Gasteiger partial charge in [0.25, 0.3) is 0 Å².